The second kappa shape index (κ2) is 22.1. The minimum Gasteiger partial charge on any atom is -0.493 e. The number of allylic oxidation sites excluding steroid dienone is 1. The first kappa shape index (κ1) is 51.5. The number of amides is 3. The van der Waals surface area contributed by atoms with Gasteiger partial charge in [-0.15, -0.1) is 0 Å². The number of guanidine groups is 2. The molecule has 4 aromatic rings. The molecule has 2 aliphatic carbocycles. The highest BCUT2D eigenvalue weighted by Crippen LogP contribution is 2.63. The van der Waals surface area contributed by atoms with Crippen molar-refractivity contribution in [1.29, 1.82) is 5.41 Å². The van der Waals surface area contributed by atoms with E-state index in [0.717, 1.165) is 42.3 Å². The van der Waals surface area contributed by atoms with E-state index < -0.39 is 48.4 Å². The summed E-state index contributed by atoms with van der Waals surface area (Å²) < 4.78 is 23.7. The number of carboxylic acid groups (broad SMARTS) is 1. The summed E-state index contributed by atoms with van der Waals surface area (Å²) in [6.45, 7) is 1.32. The van der Waals surface area contributed by atoms with Crippen molar-refractivity contribution in [1.82, 2.24) is 20.4 Å². The molecule has 0 aromatic heterocycles. The molecule has 1 saturated heterocycles. The smallest absolute Gasteiger partial charge is 0.414 e. The van der Waals surface area contributed by atoms with Crippen LogP contribution in [0.25, 0.3) is 10.8 Å². The number of nitrogens with one attached hydrogen (secondary N) is 3. The molecule has 4 aliphatic rings. The van der Waals surface area contributed by atoms with E-state index in [2.05, 4.69) is 38.6 Å². The van der Waals surface area contributed by atoms with Gasteiger partial charge in [-0.3, -0.25) is 24.8 Å². The fraction of sp³-hybridized carbons (Fsp3) is 0.360. The highest BCUT2D eigenvalue weighted by molar-refractivity contribution is 6.00. The predicted octanol–water partition coefficient (Wildman–Crippen LogP) is 2.30. The number of fused-ring (bicyclic) bond motifs is 1. The second-order valence-corrected chi connectivity index (χ2v) is 18.0. The number of hydrogen-bond acceptors (Lipinski definition) is 13. The number of likely N-dealkylation sites (N-methyl/N-ethyl adjacent to an activating group) is 2. The maximum absolute atomic E-state index is 13.3. The number of carbonyl (C=O) groups excluding carboxylic acids is 4. The number of nitrogen functional groups attached to an aromatic ring is 1. The van der Waals surface area contributed by atoms with Gasteiger partial charge in [0.2, 0.25) is 11.8 Å². The standard InChI is InChI=1S/C31H43N7O8.C19H17N5O2/c1-37-13-10-31-18-7-9-22(27(31)46-26-21(44-3)8-6-17(25(26)31)15-20(18)37)45-30(43)38(2)14-12-34-28(42)19(5-4-11-35-29(32)33)36-23(39)16-24(40)41;20-17(21)14-2-1-13-10-16(8-5-12(13)9-14)26-18(25)11-3-6-15(7-4-11)24-19(22)23/h6,8-9,18-20,27H,4-5,7,10-16H2,1-3H3,(H,34,42)(H,36,39)(H,40,41)(H4,32,33,35);1-10H,(H3,20,21)(H4,22,23,24)/t18-,19-,20+,27-,31-;/m0./s1. The van der Waals surface area contributed by atoms with E-state index in [4.69, 9.17) is 58.1 Å². The van der Waals surface area contributed by atoms with Gasteiger partial charge in [0.15, 0.2) is 29.5 Å². The second-order valence-electron chi connectivity index (χ2n) is 18.0. The Labute approximate surface area is 415 Å². The highest BCUT2D eigenvalue weighted by atomic mass is 16.6. The average Bonchev–Trinajstić information content (AvgIpc) is 3.69. The maximum atomic E-state index is 13.3. The summed E-state index contributed by atoms with van der Waals surface area (Å²) in [4.78, 5) is 73.0. The lowest BCUT2D eigenvalue weighted by atomic mass is 9.53. The Hall–Kier alpha value is -8.40. The number of carbonyl (C=O) groups is 5. The van der Waals surface area contributed by atoms with Gasteiger partial charge in [0.25, 0.3) is 0 Å². The molecule has 1 spiro atoms. The number of carboxylic acids is 1. The topological polar surface area (TPSA) is 352 Å². The van der Waals surface area contributed by atoms with Crippen molar-refractivity contribution < 1.29 is 48.0 Å². The fourth-order valence-corrected chi connectivity index (χ4v) is 9.90. The predicted molar refractivity (Wildman–Crippen MR) is 268 cm³/mol. The van der Waals surface area contributed by atoms with Crippen LogP contribution in [0.1, 0.15) is 59.2 Å². The number of nitrogens with zero attached hydrogens (tertiary/aromatic N) is 4. The molecule has 8 rings (SSSR count). The monoisotopic (exact) mass is 988 g/mol. The SMILES string of the molecule is COc1ccc2c3c1O[C@H]1C(OC(=O)N(C)CCNC(=O)[C@H](CCCN=C(N)N)NC(=O)CC(=O)O)=CC[C@H]4[C@@H](C2)N(C)CC[C@]314.N=C(N)c1ccc2cc(OC(=O)c3ccc(N=C(N)N)cc3)ccc2c1. The number of esters is 1. The third-order valence-electron chi connectivity index (χ3n) is 13.3. The van der Waals surface area contributed by atoms with Crippen molar-refractivity contribution in [2.24, 2.45) is 44.6 Å². The Morgan fingerprint density at radius 1 is 0.958 bits per heavy atom. The zero-order valence-corrected chi connectivity index (χ0v) is 40.2. The summed E-state index contributed by atoms with van der Waals surface area (Å²) in [5.74, 6) is -0.642. The number of nitrogens with two attached hydrogens (primary N) is 5. The van der Waals surface area contributed by atoms with E-state index in [1.807, 2.05) is 30.3 Å². The molecule has 1 fully saturated rings. The molecular weight excluding hydrogens is 929 g/mol. The van der Waals surface area contributed by atoms with Crippen molar-refractivity contribution in [3.05, 3.63) is 107 Å². The summed E-state index contributed by atoms with van der Waals surface area (Å²) in [5, 5.41) is 23.3. The van der Waals surface area contributed by atoms with Gasteiger partial charge in [0, 0.05) is 49.3 Å². The quantitative estimate of drug-likeness (QED) is 0.0183. The molecule has 5 atom stereocenters. The van der Waals surface area contributed by atoms with Crippen LogP contribution in [-0.4, -0.2) is 128 Å². The Balaban J connectivity index is 0.000000247. The van der Waals surface area contributed by atoms with Crippen LogP contribution >= 0.6 is 0 Å². The number of benzene rings is 4. The molecule has 22 heteroatoms. The molecule has 380 valence electrons. The number of aliphatic carboxylic acids is 1. The van der Waals surface area contributed by atoms with Crippen molar-refractivity contribution in [3.63, 3.8) is 0 Å². The zero-order valence-electron chi connectivity index (χ0n) is 40.2. The summed E-state index contributed by atoms with van der Waals surface area (Å²) >= 11 is 0. The van der Waals surface area contributed by atoms with Gasteiger partial charge >= 0.3 is 18.0 Å². The fourth-order valence-electron chi connectivity index (χ4n) is 9.90. The van der Waals surface area contributed by atoms with Gasteiger partial charge in [0.05, 0.1) is 18.4 Å². The molecule has 4 aromatic carbocycles. The first-order valence-electron chi connectivity index (χ1n) is 23.2. The highest BCUT2D eigenvalue weighted by Gasteiger charge is 2.65. The largest absolute Gasteiger partial charge is 0.493 e. The molecule has 72 heavy (non-hydrogen) atoms. The molecule has 2 bridgehead atoms. The summed E-state index contributed by atoms with van der Waals surface area (Å²) in [6, 6.07) is 20.5. The van der Waals surface area contributed by atoms with Crippen LogP contribution in [0.5, 0.6) is 17.2 Å². The molecule has 22 nitrogen and oxygen atoms in total. The van der Waals surface area contributed by atoms with Gasteiger partial charge in [-0.25, -0.2) is 14.6 Å². The summed E-state index contributed by atoms with van der Waals surface area (Å²) in [7, 11) is 5.37. The van der Waals surface area contributed by atoms with Crippen molar-refractivity contribution in [3.8, 4) is 17.2 Å². The Bertz CT molecular complexity index is 2850. The van der Waals surface area contributed by atoms with Crippen molar-refractivity contribution >= 4 is 64.1 Å². The first-order chi connectivity index (χ1) is 34.4. The number of likely N-dealkylation sites (tertiary alicyclic amines) is 1. The molecule has 2 heterocycles. The Morgan fingerprint density at radius 3 is 2.38 bits per heavy atom. The number of methoxy groups -OCH3 is 1. The lowest BCUT2D eigenvalue weighted by Gasteiger charge is -2.56. The maximum Gasteiger partial charge on any atom is 0.414 e. The summed E-state index contributed by atoms with van der Waals surface area (Å²) in [5.41, 5.74) is 30.5. The molecule has 0 unspecified atom stereocenters. The summed E-state index contributed by atoms with van der Waals surface area (Å²) in [6.07, 6.45) is 3.25. The number of amidine groups is 1. The van der Waals surface area contributed by atoms with Crippen LogP contribution in [-0.2, 0) is 31.0 Å². The van der Waals surface area contributed by atoms with Gasteiger partial charge in [-0.2, -0.15) is 0 Å². The lowest BCUT2D eigenvalue weighted by molar-refractivity contribution is -0.141. The molecular formula is C50H60N12O10. The van der Waals surface area contributed by atoms with Crippen LogP contribution in [0.3, 0.4) is 0 Å². The molecule has 0 radical (unpaired) electrons. The van der Waals surface area contributed by atoms with Crippen LogP contribution in [0, 0.1) is 11.3 Å². The minimum atomic E-state index is -1.31. The number of ether oxygens (including phenoxy) is 4. The molecule has 3 amide bonds. The van der Waals surface area contributed by atoms with Crippen LogP contribution in [0.15, 0.2) is 94.6 Å². The molecule has 0 saturated carbocycles. The van der Waals surface area contributed by atoms with Gasteiger partial charge in [0.1, 0.15) is 29.8 Å². The number of piperidine rings is 1. The molecule has 14 N–H and O–H groups in total. The number of aliphatic imine (C=N–C) groups is 2. The third-order valence-corrected chi connectivity index (χ3v) is 13.3. The minimum absolute atomic E-state index is 0.00609. The van der Waals surface area contributed by atoms with E-state index in [9.17, 15) is 24.0 Å². The van der Waals surface area contributed by atoms with Crippen molar-refractivity contribution in [2.75, 3.05) is 47.4 Å². The number of hydrogen-bond donors (Lipinski definition) is 9. The van der Waals surface area contributed by atoms with E-state index in [1.54, 1.807) is 56.6 Å². The van der Waals surface area contributed by atoms with Gasteiger partial charge in [-0.1, -0.05) is 24.3 Å². The normalized spacial score (nSPS) is 19.3. The van der Waals surface area contributed by atoms with E-state index in [1.165, 1.54) is 16.0 Å². The van der Waals surface area contributed by atoms with Gasteiger partial charge < -0.3 is 73.2 Å². The van der Waals surface area contributed by atoms with E-state index >= 15 is 0 Å². The zero-order chi connectivity index (χ0) is 51.9. The lowest BCUT2D eigenvalue weighted by Crippen LogP contribution is -2.63. The van der Waals surface area contributed by atoms with Crippen LogP contribution in [0.2, 0.25) is 0 Å². The Kier molecular flexibility index (Phi) is 15.8. The van der Waals surface area contributed by atoms with Crippen LogP contribution < -0.4 is 53.5 Å². The van der Waals surface area contributed by atoms with Gasteiger partial charge in [-0.05, 0) is 123 Å². The van der Waals surface area contributed by atoms with Crippen LogP contribution in [0.4, 0.5) is 10.5 Å². The van der Waals surface area contributed by atoms with E-state index in [0.29, 0.717) is 52.5 Å². The average molecular weight is 989 g/mol. The molecule has 2 aliphatic heterocycles. The Morgan fingerprint density at radius 2 is 1.68 bits per heavy atom. The first-order valence-corrected chi connectivity index (χ1v) is 23.2. The number of rotatable bonds is 17. The van der Waals surface area contributed by atoms with E-state index in [-0.39, 0.29) is 49.2 Å². The van der Waals surface area contributed by atoms with Crippen molar-refractivity contribution in [2.45, 2.75) is 62.1 Å². The third kappa shape index (κ3) is 11.4.